The zero-order chi connectivity index (χ0) is 8.10. The van der Waals surface area contributed by atoms with Crippen molar-refractivity contribution in [1.82, 2.24) is 0 Å². The molecule has 0 fully saturated rings. The molecule has 0 N–H and O–H groups in total. The van der Waals surface area contributed by atoms with Crippen molar-refractivity contribution in [2.75, 3.05) is 0 Å². The monoisotopic (exact) mass is 186 g/mol. The van der Waals surface area contributed by atoms with Crippen LogP contribution in [-0.4, -0.2) is 6.29 Å². The molecule has 1 aromatic heterocycles. The van der Waals surface area contributed by atoms with Crippen LogP contribution in [0.25, 0.3) is 6.08 Å². The molecule has 0 aliphatic heterocycles. The van der Waals surface area contributed by atoms with Crippen LogP contribution < -0.4 is 0 Å². The van der Waals surface area contributed by atoms with E-state index in [-0.39, 0.29) is 0 Å². The number of hydrogen-bond acceptors (Lipinski definition) is 2. The van der Waals surface area contributed by atoms with E-state index in [9.17, 15) is 4.79 Å². The summed E-state index contributed by atoms with van der Waals surface area (Å²) < 4.78 is 0.774. The SMILES string of the molecule is O=CCC=Cc1ccc(Cl)s1. The smallest absolute Gasteiger partial charge is 0.123 e. The van der Waals surface area contributed by atoms with Gasteiger partial charge in [-0.3, -0.25) is 0 Å². The van der Waals surface area contributed by atoms with E-state index in [0.29, 0.717) is 6.42 Å². The fourth-order valence-corrected chi connectivity index (χ4v) is 1.65. The Morgan fingerprint density at radius 1 is 1.55 bits per heavy atom. The van der Waals surface area contributed by atoms with E-state index in [1.807, 2.05) is 24.3 Å². The van der Waals surface area contributed by atoms with Gasteiger partial charge in [-0.1, -0.05) is 17.7 Å². The molecule has 0 aromatic carbocycles. The predicted molar refractivity (Wildman–Crippen MR) is 49.0 cm³/mol. The van der Waals surface area contributed by atoms with Crippen molar-refractivity contribution in [3.8, 4) is 0 Å². The molecule has 1 rings (SSSR count). The molecular formula is C8H7ClOS. The number of aldehydes is 1. The summed E-state index contributed by atoms with van der Waals surface area (Å²) in [5.74, 6) is 0. The quantitative estimate of drug-likeness (QED) is 0.664. The highest BCUT2D eigenvalue weighted by molar-refractivity contribution is 7.16. The van der Waals surface area contributed by atoms with Crippen LogP contribution in [0.15, 0.2) is 18.2 Å². The van der Waals surface area contributed by atoms with Crippen molar-refractivity contribution in [3.63, 3.8) is 0 Å². The molecule has 0 spiro atoms. The lowest BCUT2D eigenvalue weighted by Crippen LogP contribution is -1.64. The summed E-state index contributed by atoms with van der Waals surface area (Å²) >= 11 is 7.19. The third kappa shape index (κ3) is 2.87. The van der Waals surface area contributed by atoms with Crippen LogP contribution in [0, 0.1) is 0 Å². The minimum absolute atomic E-state index is 0.468. The summed E-state index contributed by atoms with van der Waals surface area (Å²) in [6, 6.07) is 3.76. The van der Waals surface area contributed by atoms with Gasteiger partial charge >= 0.3 is 0 Å². The van der Waals surface area contributed by atoms with Gasteiger partial charge in [0, 0.05) is 11.3 Å². The molecule has 0 aliphatic rings. The maximum absolute atomic E-state index is 9.93. The lowest BCUT2D eigenvalue weighted by atomic mass is 10.3. The van der Waals surface area contributed by atoms with Crippen molar-refractivity contribution >= 4 is 35.3 Å². The van der Waals surface area contributed by atoms with Crippen LogP contribution in [0.5, 0.6) is 0 Å². The van der Waals surface area contributed by atoms with Crippen LogP contribution in [0.2, 0.25) is 4.34 Å². The average Bonchev–Trinajstić information content (AvgIpc) is 2.37. The summed E-state index contributed by atoms with van der Waals surface area (Å²) in [7, 11) is 0. The Labute approximate surface area is 74.3 Å². The Kier molecular flexibility index (Phi) is 3.33. The Bertz CT molecular complexity index is 265. The molecular weight excluding hydrogens is 180 g/mol. The molecule has 1 nitrogen and oxygen atoms in total. The first kappa shape index (κ1) is 8.50. The normalized spacial score (nSPS) is 10.6. The Morgan fingerprint density at radius 3 is 2.91 bits per heavy atom. The summed E-state index contributed by atoms with van der Waals surface area (Å²) in [5.41, 5.74) is 0. The van der Waals surface area contributed by atoms with E-state index in [1.165, 1.54) is 11.3 Å². The summed E-state index contributed by atoms with van der Waals surface area (Å²) in [5, 5.41) is 0. The largest absolute Gasteiger partial charge is 0.303 e. The molecule has 0 atom stereocenters. The molecule has 0 radical (unpaired) electrons. The first-order chi connectivity index (χ1) is 5.33. The van der Waals surface area contributed by atoms with Gasteiger partial charge in [0.1, 0.15) is 6.29 Å². The Hall–Kier alpha value is -0.600. The first-order valence-corrected chi connectivity index (χ1v) is 4.38. The van der Waals surface area contributed by atoms with E-state index >= 15 is 0 Å². The van der Waals surface area contributed by atoms with Gasteiger partial charge in [0.05, 0.1) is 4.34 Å². The molecule has 0 amide bonds. The van der Waals surface area contributed by atoms with Crippen LogP contribution in [-0.2, 0) is 4.79 Å². The van der Waals surface area contributed by atoms with Gasteiger partial charge < -0.3 is 4.79 Å². The van der Waals surface area contributed by atoms with Crippen LogP contribution in [0.3, 0.4) is 0 Å². The maximum Gasteiger partial charge on any atom is 0.123 e. The van der Waals surface area contributed by atoms with Crippen LogP contribution in [0.1, 0.15) is 11.3 Å². The number of allylic oxidation sites excluding steroid dienone is 1. The third-order valence-electron chi connectivity index (χ3n) is 1.11. The van der Waals surface area contributed by atoms with Crippen molar-refractivity contribution in [2.45, 2.75) is 6.42 Å². The molecule has 0 saturated heterocycles. The minimum atomic E-state index is 0.468. The molecule has 3 heteroatoms. The third-order valence-corrected chi connectivity index (χ3v) is 2.30. The predicted octanol–water partition coefficient (Wildman–Crippen LogP) is 3.00. The number of hydrogen-bond donors (Lipinski definition) is 0. The van der Waals surface area contributed by atoms with Crippen molar-refractivity contribution in [3.05, 3.63) is 27.4 Å². The molecule has 0 bridgehead atoms. The highest BCUT2D eigenvalue weighted by Gasteiger charge is 1.91. The fourth-order valence-electron chi connectivity index (χ4n) is 0.658. The molecule has 1 aromatic rings. The maximum atomic E-state index is 9.93. The number of carbonyl (C=O) groups is 1. The molecule has 0 aliphatic carbocycles. The standard InChI is InChI=1S/C8H7ClOS/c9-8-5-4-7(11-8)3-1-2-6-10/h1,3-6H,2H2. The van der Waals surface area contributed by atoms with E-state index in [0.717, 1.165) is 15.5 Å². The highest BCUT2D eigenvalue weighted by atomic mass is 35.5. The van der Waals surface area contributed by atoms with Gasteiger partial charge in [-0.25, -0.2) is 0 Å². The second-order valence-electron chi connectivity index (χ2n) is 1.95. The van der Waals surface area contributed by atoms with Gasteiger partial charge in [0.25, 0.3) is 0 Å². The Morgan fingerprint density at radius 2 is 2.36 bits per heavy atom. The van der Waals surface area contributed by atoms with Gasteiger partial charge in [0.2, 0.25) is 0 Å². The first-order valence-electron chi connectivity index (χ1n) is 3.18. The van der Waals surface area contributed by atoms with Crippen molar-refractivity contribution < 1.29 is 4.79 Å². The second-order valence-corrected chi connectivity index (χ2v) is 3.69. The summed E-state index contributed by atoms with van der Waals surface area (Å²) in [6.07, 6.45) is 5.04. The molecule has 1 heterocycles. The van der Waals surface area contributed by atoms with Crippen LogP contribution >= 0.6 is 22.9 Å². The van der Waals surface area contributed by atoms with Gasteiger partial charge in [-0.15, -0.1) is 11.3 Å². The summed E-state index contributed by atoms with van der Waals surface area (Å²) in [6.45, 7) is 0. The number of halogens is 1. The molecule has 11 heavy (non-hydrogen) atoms. The number of rotatable bonds is 3. The van der Waals surface area contributed by atoms with E-state index < -0.39 is 0 Å². The Balaban J connectivity index is 2.56. The highest BCUT2D eigenvalue weighted by Crippen LogP contribution is 2.22. The zero-order valence-corrected chi connectivity index (χ0v) is 7.36. The number of thiophene rings is 1. The minimum Gasteiger partial charge on any atom is -0.303 e. The van der Waals surface area contributed by atoms with E-state index in [1.54, 1.807) is 0 Å². The molecule has 0 saturated carbocycles. The van der Waals surface area contributed by atoms with E-state index in [4.69, 9.17) is 11.6 Å². The van der Waals surface area contributed by atoms with E-state index in [2.05, 4.69) is 0 Å². The molecule has 58 valence electrons. The van der Waals surface area contributed by atoms with Crippen molar-refractivity contribution in [2.24, 2.45) is 0 Å². The lowest BCUT2D eigenvalue weighted by Gasteiger charge is -1.79. The van der Waals surface area contributed by atoms with Gasteiger partial charge in [-0.05, 0) is 18.2 Å². The van der Waals surface area contributed by atoms with Crippen LogP contribution in [0.4, 0.5) is 0 Å². The lowest BCUT2D eigenvalue weighted by molar-refractivity contribution is -0.107. The topological polar surface area (TPSA) is 17.1 Å². The summed E-state index contributed by atoms with van der Waals surface area (Å²) in [4.78, 5) is 11.0. The van der Waals surface area contributed by atoms with Gasteiger partial charge in [-0.2, -0.15) is 0 Å². The van der Waals surface area contributed by atoms with Gasteiger partial charge in [0.15, 0.2) is 0 Å². The fraction of sp³-hybridized carbons (Fsp3) is 0.125. The molecule has 0 unspecified atom stereocenters. The second kappa shape index (κ2) is 4.31. The average molecular weight is 187 g/mol. The zero-order valence-electron chi connectivity index (χ0n) is 5.79. The number of carbonyl (C=O) groups excluding carboxylic acids is 1. The van der Waals surface area contributed by atoms with Crippen molar-refractivity contribution in [1.29, 1.82) is 0 Å².